The molecule has 0 saturated carbocycles. The van der Waals surface area contributed by atoms with Crippen molar-refractivity contribution in [2.45, 2.75) is 84.2 Å². The van der Waals surface area contributed by atoms with Crippen molar-refractivity contribution >= 4 is 11.8 Å². The molecule has 2 aliphatic heterocycles. The van der Waals surface area contributed by atoms with E-state index in [1.165, 1.54) is 6.92 Å². The highest BCUT2D eigenvalue weighted by Gasteiger charge is 2.45. The second kappa shape index (κ2) is 7.26. The fraction of sp³-hybridized carbons (Fsp3) is 0.789. The molecule has 1 atom stereocenters. The summed E-state index contributed by atoms with van der Waals surface area (Å²) in [7, 11) is 0. The number of allylic oxidation sites excluding steroid dienone is 2. The number of ketones is 1. The molecule has 1 fully saturated rings. The van der Waals surface area contributed by atoms with E-state index in [4.69, 9.17) is 9.57 Å². The third kappa shape index (κ3) is 4.38. The Kier molecular flexibility index (Phi) is 5.74. The van der Waals surface area contributed by atoms with E-state index in [2.05, 4.69) is 27.7 Å². The van der Waals surface area contributed by atoms with E-state index in [0.29, 0.717) is 13.0 Å². The first kappa shape index (κ1) is 19.0. The van der Waals surface area contributed by atoms with Gasteiger partial charge in [0.1, 0.15) is 11.7 Å². The van der Waals surface area contributed by atoms with Crippen molar-refractivity contribution in [2.75, 3.05) is 6.61 Å². The van der Waals surface area contributed by atoms with Crippen molar-refractivity contribution in [1.29, 1.82) is 0 Å². The minimum Gasteiger partial charge on any atom is -0.498 e. The van der Waals surface area contributed by atoms with Gasteiger partial charge in [-0.05, 0) is 72.8 Å². The van der Waals surface area contributed by atoms with Gasteiger partial charge in [0.05, 0.1) is 23.4 Å². The zero-order chi connectivity index (χ0) is 18.0. The third-order valence-electron chi connectivity index (χ3n) is 5.05. The monoisotopic (exact) mass is 337 g/mol. The number of Topliss-reactive ketones (excluding diaryl/α,β-unsaturated/α-hetero) is 1. The maximum atomic E-state index is 12.7. The van der Waals surface area contributed by atoms with Gasteiger partial charge in [-0.3, -0.25) is 4.79 Å². The molecule has 0 aromatic rings. The highest BCUT2D eigenvalue weighted by molar-refractivity contribution is 5.97. The Hall–Kier alpha value is -1.36. The topological polar surface area (TPSA) is 55.8 Å². The summed E-state index contributed by atoms with van der Waals surface area (Å²) in [6.45, 7) is 10.4. The van der Waals surface area contributed by atoms with Crippen LogP contribution in [0.4, 0.5) is 0 Å². The van der Waals surface area contributed by atoms with Crippen molar-refractivity contribution in [3.63, 3.8) is 0 Å². The Morgan fingerprint density at radius 1 is 1.21 bits per heavy atom. The van der Waals surface area contributed by atoms with E-state index in [1.807, 2.05) is 6.08 Å². The summed E-state index contributed by atoms with van der Waals surface area (Å²) in [6.07, 6.45) is 7.21. The standard InChI is InChI=1S/C19H31NO4/c1-14(21)16(13-15-9-6-7-12-23-15)17(22)24-20-18(2,3)10-8-11-19(20,4)5/h9,16H,6-8,10-13H2,1-5H3. The number of hydrogen-bond donors (Lipinski definition) is 0. The van der Waals surface area contributed by atoms with Crippen LogP contribution in [0.3, 0.4) is 0 Å². The smallest absolute Gasteiger partial charge is 0.335 e. The second-order valence-corrected chi connectivity index (χ2v) is 8.21. The van der Waals surface area contributed by atoms with Crippen LogP contribution in [0.1, 0.15) is 73.1 Å². The van der Waals surface area contributed by atoms with Gasteiger partial charge in [-0.1, -0.05) is 0 Å². The number of carbonyl (C=O) groups is 2. The molecule has 2 heterocycles. The normalized spacial score (nSPS) is 24.5. The molecule has 0 bridgehead atoms. The fourth-order valence-electron chi connectivity index (χ4n) is 3.72. The molecule has 0 spiro atoms. The average Bonchev–Trinajstić information content (AvgIpc) is 2.49. The molecule has 0 amide bonds. The first-order valence-electron chi connectivity index (χ1n) is 8.98. The summed E-state index contributed by atoms with van der Waals surface area (Å²) in [6, 6.07) is 0. The van der Waals surface area contributed by atoms with Gasteiger partial charge in [-0.15, -0.1) is 5.06 Å². The highest BCUT2D eigenvalue weighted by Crippen LogP contribution is 2.38. The third-order valence-corrected chi connectivity index (χ3v) is 5.05. The number of ether oxygens (including phenoxy) is 1. The summed E-state index contributed by atoms with van der Waals surface area (Å²) in [5.41, 5.74) is -0.474. The van der Waals surface area contributed by atoms with Gasteiger partial charge in [-0.25, -0.2) is 4.79 Å². The molecule has 1 unspecified atom stereocenters. The molecule has 0 aliphatic carbocycles. The lowest BCUT2D eigenvalue weighted by Crippen LogP contribution is -2.59. The van der Waals surface area contributed by atoms with Gasteiger partial charge in [-0.2, -0.15) is 0 Å². The van der Waals surface area contributed by atoms with E-state index in [-0.39, 0.29) is 16.9 Å². The van der Waals surface area contributed by atoms with Gasteiger partial charge in [0, 0.05) is 6.42 Å². The predicted molar refractivity (Wildman–Crippen MR) is 92.0 cm³/mol. The molecule has 2 aliphatic rings. The summed E-state index contributed by atoms with van der Waals surface area (Å²) in [4.78, 5) is 30.5. The van der Waals surface area contributed by atoms with Gasteiger partial charge in [0.15, 0.2) is 0 Å². The van der Waals surface area contributed by atoms with E-state index >= 15 is 0 Å². The minimum absolute atomic E-state index is 0.178. The zero-order valence-corrected chi connectivity index (χ0v) is 15.7. The largest absolute Gasteiger partial charge is 0.498 e. The maximum absolute atomic E-state index is 12.7. The van der Waals surface area contributed by atoms with Gasteiger partial charge in [0.2, 0.25) is 0 Å². The van der Waals surface area contributed by atoms with Crippen LogP contribution >= 0.6 is 0 Å². The van der Waals surface area contributed by atoms with Crippen LogP contribution in [-0.2, 0) is 19.2 Å². The average molecular weight is 337 g/mol. The van der Waals surface area contributed by atoms with E-state index < -0.39 is 11.9 Å². The molecule has 0 N–H and O–H groups in total. The lowest BCUT2D eigenvalue weighted by Gasteiger charge is -2.50. The molecular weight excluding hydrogens is 306 g/mol. The lowest BCUT2D eigenvalue weighted by molar-refractivity contribution is -0.268. The molecule has 0 aromatic heterocycles. The van der Waals surface area contributed by atoms with Crippen LogP contribution < -0.4 is 0 Å². The van der Waals surface area contributed by atoms with Crippen LogP contribution in [0, 0.1) is 5.92 Å². The predicted octanol–water partition coefficient (Wildman–Crippen LogP) is 3.78. The van der Waals surface area contributed by atoms with Gasteiger partial charge >= 0.3 is 5.97 Å². The van der Waals surface area contributed by atoms with Crippen molar-refractivity contribution in [1.82, 2.24) is 5.06 Å². The molecular formula is C19H31NO4. The van der Waals surface area contributed by atoms with Gasteiger partial charge < -0.3 is 9.57 Å². The fourth-order valence-corrected chi connectivity index (χ4v) is 3.72. The molecule has 1 saturated heterocycles. The Morgan fingerprint density at radius 3 is 2.33 bits per heavy atom. The highest BCUT2D eigenvalue weighted by atomic mass is 16.7. The molecule has 0 aromatic carbocycles. The second-order valence-electron chi connectivity index (χ2n) is 8.21. The molecule has 5 heteroatoms. The SMILES string of the molecule is CC(=O)C(CC1=CCCCO1)C(=O)ON1C(C)(C)CCCC1(C)C. The first-order chi connectivity index (χ1) is 11.1. The Morgan fingerprint density at radius 2 is 1.83 bits per heavy atom. The summed E-state index contributed by atoms with van der Waals surface area (Å²) in [5.74, 6) is -0.721. The zero-order valence-electron chi connectivity index (χ0n) is 15.7. The van der Waals surface area contributed by atoms with Gasteiger partial charge in [0.25, 0.3) is 0 Å². The molecule has 24 heavy (non-hydrogen) atoms. The Bertz CT molecular complexity index is 505. The van der Waals surface area contributed by atoms with E-state index in [0.717, 1.165) is 37.9 Å². The van der Waals surface area contributed by atoms with Crippen molar-refractivity contribution in [3.8, 4) is 0 Å². The van der Waals surface area contributed by atoms with Crippen LogP contribution in [0.2, 0.25) is 0 Å². The first-order valence-corrected chi connectivity index (χ1v) is 8.98. The maximum Gasteiger partial charge on any atom is 0.335 e. The van der Waals surface area contributed by atoms with Crippen LogP contribution in [0.15, 0.2) is 11.8 Å². The molecule has 2 rings (SSSR count). The minimum atomic E-state index is -0.803. The van der Waals surface area contributed by atoms with Crippen molar-refractivity contribution in [2.24, 2.45) is 5.92 Å². The van der Waals surface area contributed by atoms with Crippen molar-refractivity contribution in [3.05, 3.63) is 11.8 Å². The molecule has 0 radical (unpaired) electrons. The number of hydrogen-bond acceptors (Lipinski definition) is 5. The molecule has 5 nitrogen and oxygen atoms in total. The lowest BCUT2D eigenvalue weighted by atomic mass is 9.82. The number of rotatable bonds is 5. The van der Waals surface area contributed by atoms with Crippen molar-refractivity contribution < 1.29 is 19.2 Å². The number of nitrogens with zero attached hydrogens (tertiary/aromatic N) is 1. The van der Waals surface area contributed by atoms with E-state index in [9.17, 15) is 9.59 Å². The number of carbonyl (C=O) groups excluding carboxylic acids is 2. The van der Waals surface area contributed by atoms with Crippen LogP contribution in [0.25, 0.3) is 0 Å². The number of piperidine rings is 1. The summed E-state index contributed by atoms with van der Waals surface area (Å²) < 4.78 is 5.57. The Balaban J connectivity index is 2.11. The number of hydroxylamine groups is 2. The van der Waals surface area contributed by atoms with E-state index in [1.54, 1.807) is 5.06 Å². The van der Waals surface area contributed by atoms with Crippen LogP contribution in [0.5, 0.6) is 0 Å². The van der Waals surface area contributed by atoms with Crippen LogP contribution in [-0.4, -0.2) is 34.5 Å². The Labute approximate surface area is 145 Å². The quantitative estimate of drug-likeness (QED) is 0.715. The molecule has 136 valence electrons. The summed E-state index contributed by atoms with van der Waals surface area (Å²) in [5, 5.41) is 1.80. The summed E-state index contributed by atoms with van der Waals surface area (Å²) >= 11 is 0.